The van der Waals surface area contributed by atoms with Crippen LogP contribution < -0.4 is 9.47 Å². The molecule has 0 atom stereocenters. The van der Waals surface area contributed by atoms with Gasteiger partial charge >= 0.3 is 0 Å². The molecule has 2 rings (SSSR count). The lowest BCUT2D eigenvalue weighted by molar-refractivity contribution is 0.311. The lowest BCUT2D eigenvalue weighted by atomic mass is 9.96. The van der Waals surface area contributed by atoms with E-state index in [1.54, 1.807) is 7.11 Å². The minimum atomic E-state index is -0.0550. The topological polar surface area (TPSA) is 60.0 Å². The molecular formula is C15H21N3O2. The second kappa shape index (κ2) is 5.53. The summed E-state index contributed by atoms with van der Waals surface area (Å²) in [6.07, 6.45) is 0. The van der Waals surface area contributed by atoms with E-state index in [2.05, 4.69) is 36.0 Å². The summed E-state index contributed by atoms with van der Waals surface area (Å²) in [6.45, 7) is 8.82. The van der Waals surface area contributed by atoms with E-state index in [4.69, 9.17) is 9.47 Å². The number of nitrogens with zero attached hydrogens (tertiary/aromatic N) is 2. The molecule has 1 N–H and O–H groups in total. The van der Waals surface area contributed by atoms with Crippen molar-refractivity contribution in [3.63, 3.8) is 0 Å². The summed E-state index contributed by atoms with van der Waals surface area (Å²) in [6, 6.07) is 5.70. The monoisotopic (exact) mass is 275 g/mol. The van der Waals surface area contributed by atoms with Crippen molar-refractivity contribution in [2.75, 3.05) is 13.7 Å². The third-order valence-corrected chi connectivity index (χ3v) is 2.92. The highest BCUT2D eigenvalue weighted by Crippen LogP contribution is 2.31. The van der Waals surface area contributed by atoms with Crippen molar-refractivity contribution in [1.29, 1.82) is 0 Å². The molecule has 1 aromatic heterocycles. The molecule has 5 nitrogen and oxygen atoms in total. The number of hydrogen-bond acceptors (Lipinski definition) is 4. The number of methoxy groups -OCH3 is 1. The van der Waals surface area contributed by atoms with Crippen LogP contribution in [0.15, 0.2) is 18.2 Å². The van der Waals surface area contributed by atoms with Gasteiger partial charge in [0, 0.05) is 11.0 Å². The molecule has 20 heavy (non-hydrogen) atoms. The molecule has 0 radical (unpaired) electrons. The molecule has 0 aliphatic carbocycles. The number of rotatable bonds is 4. The summed E-state index contributed by atoms with van der Waals surface area (Å²) < 4.78 is 10.8. The number of ether oxygens (including phenoxy) is 2. The summed E-state index contributed by atoms with van der Waals surface area (Å²) in [7, 11) is 1.63. The molecule has 0 aliphatic rings. The highest BCUT2D eigenvalue weighted by atomic mass is 16.5. The van der Waals surface area contributed by atoms with Gasteiger partial charge in [-0.2, -0.15) is 5.10 Å². The number of aromatic amines is 1. The van der Waals surface area contributed by atoms with Crippen molar-refractivity contribution in [2.24, 2.45) is 0 Å². The van der Waals surface area contributed by atoms with Gasteiger partial charge in [-0.05, 0) is 25.1 Å². The van der Waals surface area contributed by atoms with E-state index >= 15 is 0 Å². The summed E-state index contributed by atoms with van der Waals surface area (Å²) in [5.41, 5.74) is 0.845. The molecule has 108 valence electrons. The van der Waals surface area contributed by atoms with Crippen LogP contribution in [0.3, 0.4) is 0 Å². The zero-order chi connectivity index (χ0) is 14.8. The molecule has 2 aromatic rings. The van der Waals surface area contributed by atoms with Gasteiger partial charge in [0.15, 0.2) is 17.3 Å². The van der Waals surface area contributed by atoms with Crippen LogP contribution in [0, 0.1) is 0 Å². The molecular weight excluding hydrogens is 254 g/mol. The fraction of sp³-hybridized carbons (Fsp3) is 0.467. The second-order valence-electron chi connectivity index (χ2n) is 5.56. The van der Waals surface area contributed by atoms with Crippen LogP contribution in [-0.2, 0) is 5.41 Å². The van der Waals surface area contributed by atoms with E-state index < -0.39 is 0 Å². The van der Waals surface area contributed by atoms with E-state index in [1.807, 2.05) is 25.1 Å². The van der Waals surface area contributed by atoms with Crippen molar-refractivity contribution >= 4 is 0 Å². The largest absolute Gasteiger partial charge is 0.493 e. The molecule has 0 saturated carbocycles. The van der Waals surface area contributed by atoms with Crippen LogP contribution in [0.1, 0.15) is 33.5 Å². The Balaban J connectivity index is 2.36. The molecule has 1 heterocycles. The van der Waals surface area contributed by atoms with Gasteiger partial charge in [-0.3, -0.25) is 5.10 Å². The molecule has 0 fully saturated rings. The van der Waals surface area contributed by atoms with Gasteiger partial charge in [0.1, 0.15) is 5.82 Å². The Morgan fingerprint density at radius 3 is 2.50 bits per heavy atom. The Morgan fingerprint density at radius 2 is 1.95 bits per heavy atom. The maximum atomic E-state index is 5.50. The summed E-state index contributed by atoms with van der Waals surface area (Å²) in [5, 5.41) is 7.26. The Kier molecular flexibility index (Phi) is 3.97. The zero-order valence-corrected chi connectivity index (χ0v) is 12.7. The van der Waals surface area contributed by atoms with Gasteiger partial charge in [-0.15, -0.1) is 0 Å². The van der Waals surface area contributed by atoms with Crippen LogP contribution in [0.4, 0.5) is 0 Å². The van der Waals surface area contributed by atoms with Crippen LogP contribution in [0.25, 0.3) is 11.4 Å². The number of nitrogens with one attached hydrogen (secondary N) is 1. The smallest absolute Gasteiger partial charge is 0.181 e. The number of benzene rings is 1. The van der Waals surface area contributed by atoms with Crippen molar-refractivity contribution < 1.29 is 9.47 Å². The predicted molar refractivity (Wildman–Crippen MR) is 78.2 cm³/mol. The summed E-state index contributed by atoms with van der Waals surface area (Å²) in [4.78, 5) is 4.54. The van der Waals surface area contributed by atoms with Crippen molar-refractivity contribution in [1.82, 2.24) is 15.2 Å². The first-order chi connectivity index (χ1) is 9.45. The lowest BCUT2D eigenvalue weighted by Crippen LogP contribution is -2.13. The zero-order valence-electron chi connectivity index (χ0n) is 12.7. The van der Waals surface area contributed by atoms with E-state index in [0.717, 1.165) is 17.1 Å². The van der Waals surface area contributed by atoms with Gasteiger partial charge in [0.05, 0.1) is 13.7 Å². The van der Waals surface area contributed by atoms with Gasteiger partial charge in [-0.25, -0.2) is 4.98 Å². The highest BCUT2D eigenvalue weighted by Gasteiger charge is 2.19. The Morgan fingerprint density at radius 1 is 1.20 bits per heavy atom. The number of aromatic nitrogens is 3. The Bertz CT molecular complexity index is 585. The maximum absolute atomic E-state index is 5.50. The SMILES string of the molecule is CCOc1ccc(-c2n[nH]c(C(C)(C)C)n2)cc1OC. The molecule has 1 aromatic carbocycles. The summed E-state index contributed by atoms with van der Waals surface area (Å²) in [5.74, 6) is 2.94. The Hall–Kier alpha value is -2.04. The number of hydrogen-bond donors (Lipinski definition) is 1. The van der Waals surface area contributed by atoms with Gasteiger partial charge in [0.2, 0.25) is 0 Å². The van der Waals surface area contributed by atoms with E-state index in [0.29, 0.717) is 18.2 Å². The first kappa shape index (κ1) is 14.4. The van der Waals surface area contributed by atoms with Crippen molar-refractivity contribution in [3.05, 3.63) is 24.0 Å². The van der Waals surface area contributed by atoms with Gasteiger partial charge in [0.25, 0.3) is 0 Å². The minimum Gasteiger partial charge on any atom is -0.493 e. The van der Waals surface area contributed by atoms with Gasteiger partial charge in [-0.1, -0.05) is 20.8 Å². The van der Waals surface area contributed by atoms with Crippen LogP contribution >= 0.6 is 0 Å². The average molecular weight is 275 g/mol. The average Bonchev–Trinajstić information content (AvgIpc) is 2.89. The molecule has 0 aliphatic heterocycles. The molecule has 5 heteroatoms. The van der Waals surface area contributed by atoms with E-state index in [-0.39, 0.29) is 5.41 Å². The molecule has 0 saturated heterocycles. The fourth-order valence-corrected chi connectivity index (χ4v) is 1.81. The first-order valence-corrected chi connectivity index (χ1v) is 6.69. The summed E-state index contributed by atoms with van der Waals surface area (Å²) >= 11 is 0. The van der Waals surface area contributed by atoms with Crippen LogP contribution in [0.2, 0.25) is 0 Å². The fourth-order valence-electron chi connectivity index (χ4n) is 1.81. The molecule has 0 bridgehead atoms. The normalized spacial score (nSPS) is 11.4. The van der Waals surface area contributed by atoms with Crippen LogP contribution in [0.5, 0.6) is 11.5 Å². The van der Waals surface area contributed by atoms with Gasteiger partial charge < -0.3 is 9.47 Å². The molecule has 0 amide bonds. The van der Waals surface area contributed by atoms with E-state index in [9.17, 15) is 0 Å². The third-order valence-electron chi connectivity index (χ3n) is 2.92. The number of H-pyrrole nitrogens is 1. The standard InChI is InChI=1S/C15H21N3O2/c1-6-20-11-8-7-10(9-12(11)19-5)13-16-14(18-17-13)15(2,3)4/h7-9H,6H2,1-5H3,(H,16,17,18). The van der Waals surface area contributed by atoms with Crippen molar-refractivity contribution in [2.45, 2.75) is 33.1 Å². The van der Waals surface area contributed by atoms with Crippen LogP contribution in [-0.4, -0.2) is 28.9 Å². The quantitative estimate of drug-likeness (QED) is 0.931. The Labute approximate surface area is 119 Å². The minimum absolute atomic E-state index is 0.0550. The van der Waals surface area contributed by atoms with Crippen molar-refractivity contribution in [3.8, 4) is 22.9 Å². The second-order valence-corrected chi connectivity index (χ2v) is 5.56. The highest BCUT2D eigenvalue weighted by molar-refractivity contribution is 5.61. The molecule has 0 unspecified atom stereocenters. The molecule has 0 spiro atoms. The predicted octanol–water partition coefficient (Wildman–Crippen LogP) is 3.18. The van der Waals surface area contributed by atoms with E-state index in [1.165, 1.54) is 0 Å². The first-order valence-electron chi connectivity index (χ1n) is 6.69. The third kappa shape index (κ3) is 2.92. The maximum Gasteiger partial charge on any atom is 0.181 e. The lowest BCUT2D eigenvalue weighted by Gasteiger charge is -2.13.